The van der Waals surface area contributed by atoms with Crippen molar-refractivity contribution in [2.24, 2.45) is 0 Å². The van der Waals surface area contributed by atoms with Gasteiger partial charge in [0.1, 0.15) is 0 Å². The first kappa shape index (κ1) is 24.2. The zero-order chi connectivity index (χ0) is 23.2. The first-order valence-electron chi connectivity index (χ1n) is 9.06. The number of halogens is 7. The molecule has 0 N–H and O–H groups in total. The van der Waals surface area contributed by atoms with E-state index in [2.05, 4.69) is 0 Å². The molecule has 0 aliphatic heterocycles. The van der Waals surface area contributed by atoms with Gasteiger partial charge in [0.2, 0.25) is 0 Å². The molecule has 1 aliphatic carbocycles. The molecule has 0 fully saturated rings. The van der Waals surface area contributed by atoms with Crippen molar-refractivity contribution in [1.82, 2.24) is 0 Å². The molecule has 0 radical (unpaired) electrons. The van der Waals surface area contributed by atoms with Crippen molar-refractivity contribution in [3.8, 4) is 11.5 Å². The number of ether oxygens (including phenoxy) is 2. The van der Waals surface area contributed by atoms with Crippen LogP contribution in [0.4, 0.5) is 22.0 Å². The summed E-state index contributed by atoms with van der Waals surface area (Å²) < 4.78 is 82.5. The predicted octanol–water partition coefficient (Wildman–Crippen LogP) is 6.85. The monoisotopic (exact) mass is 568 g/mol. The quantitative estimate of drug-likeness (QED) is 0.170. The van der Waals surface area contributed by atoms with E-state index in [1.807, 2.05) is 0 Å². The van der Waals surface area contributed by atoms with Crippen LogP contribution < -0.4 is 9.47 Å². The maximum atomic E-state index is 14.6. The topological polar surface area (TPSA) is 18.5 Å². The van der Waals surface area contributed by atoms with Crippen LogP contribution in [0.1, 0.15) is 44.4 Å². The number of hydrogen-bond donors (Lipinski definition) is 0. The van der Waals surface area contributed by atoms with Crippen LogP contribution in [-0.4, -0.2) is 16.3 Å². The van der Waals surface area contributed by atoms with Gasteiger partial charge in [-0.1, -0.05) is 0 Å². The van der Waals surface area contributed by atoms with Crippen molar-refractivity contribution >= 4 is 29.1 Å². The molecule has 1 aliphatic rings. The summed E-state index contributed by atoms with van der Waals surface area (Å²) in [4.78, 5) is 0. The Kier molecular flexibility index (Phi) is 7.14. The van der Waals surface area contributed by atoms with E-state index in [4.69, 9.17) is 28.9 Å². The Labute approximate surface area is 189 Å². The van der Waals surface area contributed by atoms with E-state index in [9.17, 15) is 22.0 Å². The fourth-order valence-corrected chi connectivity index (χ4v) is 5.62. The van der Waals surface area contributed by atoms with Gasteiger partial charge in [-0.2, -0.15) is 0 Å². The van der Waals surface area contributed by atoms with Crippen LogP contribution in [0.15, 0.2) is 18.2 Å². The van der Waals surface area contributed by atoms with Crippen LogP contribution in [0.5, 0.6) is 11.5 Å². The third-order valence-electron chi connectivity index (χ3n) is 4.22. The van der Waals surface area contributed by atoms with E-state index in [1.165, 1.54) is 12.1 Å². The summed E-state index contributed by atoms with van der Waals surface area (Å²) in [6.07, 6.45) is 0.720. The van der Waals surface area contributed by atoms with Gasteiger partial charge < -0.3 is 0 Å². The molecule has 0 saturated heterocycles. The van der Waals surface area contributed by atoms with Crippen LogP contribution in [0.3, 0.4) is 0 Å². The summed E-state index contributed by atoms with van der Waals surface area (Å²) in [7, 11) is 12.4. The van der Waals surface area contributed by atoms with Crippen LogP contribution in [0.2, 0.25) is 0 Å². The summed E-state index contributed by atoms with van der Waals surface area (Å²) >= 11 is -2.70. The standard InChI is InChI=1S/C21H17F5O2.2ClH.Ru/c1-9(2)27-11-7-14-12(15(8-11)28-10(3)4)5-6-13(14)16-17(22)19(24)21(26)20(25)18(16)23;;;/h6-10H,1-4H3;2*1H;/q;;;+2/p-2. The first-order valence-corrected chi connectivity index (χ1v) is 14.4. The van der Waals surface area contributed by atoms with Crippen molar-refractivity contribution in [1.29, 1.82) is 0 Å². The van der Waals surface area contributed by atoms with Gasteiger partial charge in [-0.15, -0.1) is 0 Å². The molecule has 0 bridgehead atoms. The van der Waals surface area contributed by atoms with Crippen molar-refractivity contribution in [3.05, 3.63) is 64.0 Å². The minimum absolute atomic E-state index is 0.159. The summed E-state index contributed by atoms with van der Waals surface area (Å²) in [5, 5.41) is 0. The molecule has 0 aromatic heterocycles. The van der Waals surface area contributed by atoms with Crippen LogP contribution >= 0.6 is 19.4 Å². The van der Waals surface area contributed by atoms with Crippen molar-refractivity contribution < 1.29 is 44.9 Å². The van der Waals surface area contributed by atoms with Gasteiger partial charge in [0, 0.05) is 0 Å². The van der Waals surface area contributed by atoms with E-state index in [0.29, 0.717) is 15.4 Å². The van der Waals surface area contributed by atoms with E-state index in [0.717, 1.165) is 0 Å². The molecule has 0 spiro atoms. The Bertz CT molecular complexity index is 1100. The molecule has 0 heterocycles. The minimum atomic E-state index is -2.70. The van der Waals surface area contributed by atoms with Crippen LogP contribution in [0.25, 0.3) is 5.57 Å². The summed E-state index contributed by atoms with van der Waals surface area (Å²) in [5.41, 5.74) is -0.784. The number of rotatable bonds is 5. The Hall–Kier alpha value is -1.50. The van der Waals surface area contributed by atoms with Crippen LogP contribution in [-0.2, 0) is 13.5 Å². The SMILES string of the molecule is CC(C)Oc1cc(OC(C)C)c2c(c1)C(c1c(F)c(F)c(F)c(F)c1F)=C[C]2=[Ru]([Cl])[Cl]. The van der Waals surface area contributed by atoms with E-state index in [1.54, 1.807) is 33.8 Å². The van der Waals surface area contributed by atoms with Gasteiger partial charge in [0.15, 0.2) is 0 Å². The molecule has 2 nitrogen and oxygen atoms in total. The second-order valence-electron chi connectivity index (χ2n) is 7.20. The molecular formula is C21H17Cl2F5O2Ru. The zero-order valence-corrected chi connectivity index (χ0v) is 20.0. The van der Waals surface area contributed by atoms with Gasteiger partial charge in [-0.25, -0.2) is 0 Å². The van der Waals surface area contributed by atoms with Crippen LogP contribution in [0, 0.1) is 29.1 Å². The van der Waals surface area contributed by atoms with Gasteiger partial charge in [-0.05, 0) is 0 Å². The molecule has 2 aromatic rings. The molecule has 10 heteroatoms. The third-order valence-corrected chi connectivity index (χ3v) is 7.32. The number of fused-ring (bicyclic) bond motifs is 1. The first-order chi connectivity index (χ1) is 14.4. The number of hydrogen-bond acceptors (Lipinski definition) is 2. The Morgan fingerprint density at radius 3 is 1.74 bits per heavy atom. The molecule has 0 atom stereocenters. The average Bonchev–Trinajstić information content (AvgIpc) is 3.04. The van der Waals surface area contributed by atoms with E-state index >= 15 is 0 Å². The van der Waals surface area contributed by atoms with Gasteiger partial charge in [0.05, 0.1) is 0 Å². The fourth-order valence-electron chi connectivity index (χ4n) is 3.16. The Morgan fingerprint density at radius 2 is 1.26 bits per heavy atom. The molecule has 170 valence electrons. The van der Waals surface area contributed by atoms with Crippen molar-refractivity contribution in [2.75, 3.05) is 0 Å². The summed E-state index contributed by atoms with van der Waals surface area (Å²) in [6, 6.07) is 3.03. The number of benzene rings is 2. The fraction of sp³-hybridized carbons (Fsp3) is 0.286. The Morgan fingerprint density at radius 1 is 0.742 bits per heavy atom. The van der Waals surface area contributed by atoms with E-state index < -0.39 is 48.2 Å². The molecule has 0 amide bonds. The average molecular weight is 568 g/mol. The third kappa shape index (κ3) is 4.53. The van der Waals surface area contributed by atoms with Gasteiger partial charge in [-0.3, -0.25) is 0 Å². The summed E-state index contributed by atoms with van der Waals surface area (Å²) in [5.74, 6) is -9.62. The van der Waals surface area contributed by atoms with Crippen molar-refractivity contribution in [3.63, 3.8) is 0 Å². The van der Waals surface area contributed by atoms with Crippen molar-refractivity contribution in [2.45, 2.75) is 39.9 Å². The maximum absolute atomic E-state index is 14.6. The molecular weight excluding hydrogens is 551 g/mol. The van der Waals surface area contributed by atoms with Gasteiger partial charge >= 0.3 is 189 Å². The second-order valence-corrected chi connectivity index (χ2v) is 13.0. The zero-order valence-electron chi connectivity index (χ0n) is 16.7. The molecule has 3 rings (SSSR count). The predicted molar refractivity (Wildman–Crippen MR) is 107 cm³/mol. The normalized spacial score (nSPS) is 13.6. The molecule has 0 unspecified atom stereocenters. The molecule has 2 aromatic carbocycles. The van der Waals surface area contributed by atoms with E-state index in [-0.39, 0.29) is 29.1 Å². The number of allylic oxidation sites excluding steroid dienone is 1. The second kappa shape index (κ2) is 9.16. The Balaban J connectivity index is 2.39. The van der Waals surface area contributed by atoms with Gasteiger partial charge in [0.25, 0.3) is 0 Å². The molecule has 31 heavy (non-hydrogen) atoms. The summed E-state index contributed by atoms with van der Waals surface area (Å²) in [6.45, 7) is 7.09. The molecule has 0 saturated carbocycles.